The lowest BCUT2D eigenvalue weighted by Gasteiger charge is -2.13. The van der Waals surface area contributed by atoms with Crippen LogP contribution in [0.15, 0.2) is 11.1 Å². The van der Waals surface area contributed by atoms with E-state index in [2.05, 4.69) is 0 Å². The fraction of sp³-hybridized carbons (Fsp3) is 0.750. The van der Waals surface area contributed by atoms with Gasteiger partial charge in [0.25, 0.3) is 0 Å². The Hall–Kier alpha value is -0.0900. The lowest BCUT2D eigenvalue weighted by atomic mass is 10.3. The molecule has 0 radical (unpaired) electrons. The first-order valence-electron chi connectivity index (χ1n) is 3.98. The zero-order valence-electron chi connectivity index (χ0n) is 7.07. The minimum Gasteiger partial charge on any atom is -0.389 e. The second-order valence-corrected chi connectivity index (χ2v) is 3.50. The summed E-state index contributed by atoms with van der Waals surface area (Å²) in [5.74, 6) is 0. The predicted molar refractivity (Wildman–Crippen MR) is 48.1 cm³/mol. The SMILES string of the molecule is C/C(=C\Cl)CN1CC(O)C(O)C1. The van der Waals surface area contributed by atoms with E-state index in [-0.39, 0.29) is 0 Å². The molecule has 1 rings (SSSR count). The number of hydrogen-bond donors (Lipinski definition) is 2. The highest BCUT2D eigenvalue weighted by molar-refractivity contribution is 6.25. The molecule has 0 amide bonds. The van der Waals surface area contributed by atoms with Gasteiger partial charge in [0.2, 0.25) is 0 Å². The molecule has 2 atom stereocenters. The zero-order chi connectivity index (χ0) is 9.14. The monoisotopic (exact) mass is 191 g/mol. The third kappa shape index (κ3) is 2.45. The number of halogens is 1. The predicted octanol–water partition coefficient (Wildman–Crippen LogP) is 0.166. The van der Waals surface area contributed by atoms with Gasteiger partial charge in [0.05, 0.1) is 12.2 Å². The van der Waals surface area contributed by atoms with Crippen LogP contribution in [0.1, 0.15) is 6.92 Å². The maximum Gasteiger partial charge on any atom is 0.0938 e. The molecule has 2 unspecified atom stereocenters. The van der Waals surface area contributed by atoms with Crippen molar-refractivity contribution in [2.75, 3.05) is 19.6 Å². The molecule has 1 aliphatic heterocycles. The molecule has 0 aliphatic carbocycles. The minimum atomic E-state index is -0.604. The standard InChI is InChI=1S/C8H14ClNO2/c1-6(2-9)3-10-4-7(11)8(12)5-10/h2,7-8,11-12H,3-5H2,1H3/b6-2+. The molecule has 70 valence electrons. The number of β-amino-alcohol motifs (C(OH)–C–C–N with tert-alkyl or cyclic N) is 2. The van der Waals surface area contributed by atoms with E-state index in [1.54, 1.807) is 0 Å². The van der Waals surface area contributed by atoms with Crippen LogP contribution < -0.4 is 0 Å². The molecule has 12 heavy (non-hydrogen) atoms. The van der Waals surface area contributed by atoms with Gasteiger partial charge in [-0.1, -0.05) is 11.6 Å². The first kappa shape index (κ1) is 9.99. The molecule has 0 saturated carbocycles. The van der Waals surface area contributed by atoms with Crippen molar-refractivity contribution in [1.82, 2.24) is 4.90 Å². The summed E-state index contributed by atoms with van der Waals surface area (Å²) in [4.78, 5) is 1.98. The van der Waals surface area contributed by atoms with Crippen molar-refractivity contribution in [3.63, 3.8) is 0 Å². The number of aliphatic hydroxyl groups excluding tert-OH is 2. The third-order valence-corrected chi connectivity index (χ3v) is 2.37. The van der Waals surface area contributed by atoms with Crippen LogP contribution in [0.4, 0.5) is 0 Å². The Morgan fingerprint density at radius 3 is 2.42 bits per heavy atom. The van der Waals surface area contributed by atoms with Crippen LogP contribution in [-0.2, 0) is 0 Å². The highest BCUT2D eigenvalue weighted by Crippen LogP contribution is 2.11. The Morgan fingerprint density at radius 2 is 2.00 bits per heavy atom. The Bertz CT molecular complexity index is 174. The van der Waals surface area contributed by atoms with E-state index < -0.39 is 12.2 Å². The fourth-order valence-corrected chi connectivity index (χ4v) is 1.43. The van der Waals surface area contributed by atoms with Crippen molar-refractivity contribution >= 4 is 11.6 Å². The molecule has 1 heterocycles. The Balaban J connectivity index is 2.37. The van der Waals surface area contributed by atoms with Gasteiger partial charge in [-0.3, -0.25) is 4.90 Å². The lowest BCUT2D eigenvalue weighted by molar-refractivity contribution is 0.0572. The van der Waals surface area contributed by atoms with E-state index in [1.165, 1.54) is 5.54 Å². The van der Waals surface area contributed by atoms with Gasteiger partial charge < -0.3 is 10.2 Å². The summed E-state index contributed by atoms with van der Waals surface area (Å²) in [5.41, 5.74) is 2.56. The summed E-state index contributed by atoms with van der Waals surface area (Å²) in [6.07, 6.45) is -1.21. The van der Waals surface area contributed by atoms with Crippen LogP contribution in [0.2, 0.25) is 0 Å². The van der Waals surface area contributed by atoms with Crippen LogP contribution in [0, 0.1) is 0 Å². The van der Waals surface area contributed by atoms with E-state index in [0.717, 1.165) is 12.1 Å². The van der Waals surface area contributed by atoms with Crippen LogP contribution in [0.25, 0.3) is 0 Å². The van der Waals surface area contributed by atoms with Crippen molar-refractivity contribution in [2.45, 2.75) is 19.1 Å². The molecule has 1 aliphatic rings. The van der Waals surface area contributed by atoms with Gasteiger partial charge in [-0.25, -0.2) is 0 Å². The second-order valence-electron chi connectivity index (χ2n) is 3.28. The second kappa shape index (κ2) is 4.23. The van der Waals surface area contributed by atoms with E-state index in [4.69, 9.17) is 11.6 Å². The molecule has 0 spiro atoms. The summed E-state index contributed by atoms with van der Waals surface area (Å²) in [7, 11) is 0. The molecular weight excluding hydrogens is 178 g/mol. The van der Waals surface area contributed by atoms with Gasteiger partial charge in [0, 0.05) is 25.2 Å². The summed E-state index contributed by atoms with van der Waals surface area (Å²) >= 11 is 5.49. The van der Waals surface area contributed by atoms with E-state index in [9.17, 15) is 10.2 Å². The molecule has 4 heteroatoms. The van der Waals surface area contributed by atoms with E-state index in [0.29, 0.717) is 13.1 Å². The Kier molecular flexibility index (Phi) is 3.53. The number of aliphatic hydroxyl groups is 2. The van der Waals surface area contributed by atoms with Crippen LogP contribution >= 0.6 is 11.6 Å². The summed E-state index contributed by atoms with van der Waals surface area (Å²) in [6.45, 7) is 3.70. The molecule has 3 nitrogen and oxygen atoms in total. The normalized spacial score (nSPS) is 32.8. The first-order valence-corrected chi connectivity index (χ1v) is 4.41. The largest absolute Gasteiger partial charge is 0.389 e. The lowest BCUT2D eigenvalue weighted by Crippen LogP contribution is -2.23. The van der Waals surface area contributed by atoms with E-state index >= 15 is 0 Å². The van der Waals surface area contributed by atoms with Gasteiger partial charge in [0.15, 0.2) is 0 Å². The van der Waals surface area contributed by atoms with Gasteiger partial charge >= 0.3 is 0 Å². The van der Waals surface area contributed by atoms with Crippen LogP contribution in [0.5, 0.6) is 0 Å². The molecule has 0 aromatic carbocycles. The summed E-state index contributed by atoms with van der Waals surface area (Å²) in [6, 6.07) is 0. The van der Waals surface area contributed by atoms with Crippen molar-refractivity contribution < 1.29 is 10.2 Å². The average Bonchev–Trinajstić information content (AvgIpc) is 2.31. The Morgan fingerprint density at radius 1 is 1.50 bits per heavy atom. The molecule has 0 aromatic heterocycles. The molecule has 1 saturated heterocycles. The maximum absolute atomic E-state index is 9.21. The van der Waals surface area contributed by atoms with Crippen molar-refractivity contribution in [3.8, 4) is 0 Å². The smallest absolute Gasteiger partial charge is 0.0938 e. The number of rotatable bonds is 2. The van der Waals surface area contributed by atoms with Crippen molar-refractivity contribution in [1.29, 1.82) is 0 Å². The third-order valence-electron chi connectivity index (χ3n) is 1.99. The highest BCUT2D eigenvalue weighted by Gasteiger charge is 2.28. The van der Waals surface area contributed by atoms with Gasteiger partial charge in [0.1, 0.15) is 0 Å². The van der Waals surface area contributed by atoms with Crippen molar-refractivity contribution in [3.05, 3.63) is 11.1 Å². The molecule has 2 N–H and O–H groups in total. The maximum atomic E-state index is 9.21. The first-order chi connectivity index (χ1) is 5.63. The Labute approximate surface area is 77.2 Å². The zero-order valence-corrected chi connectivity index (χ0v) is 7.83. The summed E-state index contributed by atoms with van der Waals surface area (Å²) < 4.78 is 0. The number of hydrogen-bond acceptors (Lipinski definition) is 3. The average molecular weight is 192 g/mol. The van der Waals surface area contributed by atoms with Crippen molar-refractivity contribution in [2.24, 2.45) is 0 Å². The van der Waals surface area contributed by atoms with Gasteiger partial charge in [-0.15, -0.1) is 0 Å². The minimum absolute atomic E-state index is 0.531. The highest BCUT2D eigenvalue weighted by atomic mass is 35.5. The van der Waals surface area contributed by atoms with Gasteiger partial charge in [-0.2, -0.15) is 0 Å². The topological polar surface area (TPSA) is 43.7 Å². The molecular formula is C8H14ClNO2. The van der Waals surface area contributed by atoms with Gasteiger partial charge in [-0.05, 0) is 12.5 Å². The molecule has 1 fully saturated rings. The number of nitrogens with zero attached hydrogens (tertiary/aromatic N) is 1. The fourth-order valence-electron chi connectivity index (χ4n) is 1.36. The summed E-state index contributed by atoms with van der Waals surface area (Å²) in [5, 5.41) is 18.4. The van der Waals surface area contributed by atoms with Crippen LogP contribution in [0.3, 0.4) is 0 Å². The molecule has 0 bridgehead atoms. The number of likely N-dealkylation sites (tertiary alicyclic amines) is 1. The quantitative estimate of drug-likeness (QED) is 0.654. The van der Waals surface area contributed by atoms with Crippen LogP contribution in [-0.4, -0.2) is 47.0 Å². The van der Waals surface area contributed by atoms with E-state index in [1.807, 2.05) is 11.8 Å². The molecule has 0 aromatic rings.